The molecule has 5 heteroatoms. The van der Waals surface area contributed by atoms with Crippen molar-refractivity contribution in [3.05, 3.63) is 54.4 Å². The van der Waals surface area contributed by atoms with Crippen molar-refractivity contribution in [3.63, 3.8) is 0 Å². The van der Waals surface area contributed by atoms with E-state index in [-0.39, 0.29) is 6.04 Å². The fraction of sp³-hybridized carbons (Fsp3) is 0.214. The number of aryl methyl sites for hydroxylation is 1. The Bertz CT molecular complexity index is 689. The number of nitrogens with two attached hydrogens (primary N) is 1. The third-order valence-electron chi connectivity index (χ3n) is 3.25. The van der Waals surface area contributed by atoms with E-state index in [1.807, 2.05) is 25.2 Å². The van der Waals surface area contributed by atoms with Crippen LogP contribution in [0.3, 0.4) is 0 Å². The van der Waals surface area contributed by atoms with Crippen molar-refractivity contribution in [1.29, 1.82) is 0 Å². The summed E-state index contributed by atoms with van der Waals surface area (Å²) in [5, 5.41) is 0. The molecule has 96 valence electrons. The summed E-state index contributed by atoms with van der Waals surface area (Å²) in [6, 6.07) is 7.87. The molecule has 0 saturated heterocycles. The van der Waals surface area contributed by atoms with E-state index in [0.717, 1.165) is 22.6 Å². The molecule has 1 aromatic carbocycles. The van der Waals surface area contributed by atoms with Crippen LogP contribution in [-0.4, -0.2) is 19.5 Å². The standard InChI is InChI=1S/C14H15N5/c1-19-13-5-3-2-4-11(13)18-14(19)8-10(15)12-9-16-6-7-17-12/h2-7,9-10H,8,15H2,1H3. The second-order valence-electron chi connectivity index (χ2n) is 4.52. The van der Waals surface area contributed by atoms with E-state index in [1.54, 1.807) is 18.6 Å². The second kappa shape index (κ2) is 4.78. The first kappa shape index (κ1) is 11.8. The van der Waals surface area contributed by atoms with Gasteiger partial charge in [-0.1, -0.05) is 12.1 Å². The number of nitrogens with zero attached hydrogens (tertiary/aromatic N) is 4. The summed E-state index contributed by atoms with van der Waals surface area (Å²) in [5.41, 5.74) is 9.06. The van der Waals surface area contributed by atoms with Crippen molar-refractivity contribution in [2.75, 3.05) is 0 Å². The molecule has 5 nitrogen and oxygen atoms in total. The van der Waals surface area contributed by atoms with Crippen molar-refractivity contribution >= 4 is 11.0 Å². The van der Waals surface area contributed by atoms with Crippen LogP contribution in [0.5, 0.6) is 0 Å². The summed E-state index contributed by atoms with van der Waals surface area (Å²) in [6.07, 6.45) is 5.65. The lowest BCUT2D eigenvalue weighted by Crippen LogP contribution is -2.17. The Labute approximate surface area is 111 Å². The number of para-hydroxylation sites is 2. The highest BCUT2D eigenvalue weighted by molar-refractivity contribution is 5.75. The van der Waals surface area contributed by atoms with Crippen molar-refractivity contribution in [2.24, 2.45) is 12.8 Å². The van der Waals surface area contributed by atoms with Crippen LogP contribution in [0.15, 0.2) is 42.9 Å². The van der Waals surface area contributed by atoms with Gasteiger partial charge in [-0.15, -0.1) is 0 Å². The molecule has 3 aromatic rings. The summed E-state index contributed by atoms with van der Waals surface area (Å²) in [6.45, 7) is 0. The highest BCUT2D eigenvalue weighted by Gasteiger charge is 2.13. The summed E-state index contributed by atoms with van der Waals surface area (Å²) in [5.74, 6) is 0.958. The zero-order chi connectivity index (χ0) is 13.2. The van der Waals surface area contributed by atoms with Gasteiger partial charge >= 0.3 is 0 Å². The minimum Gasteiger partial charge on any atom is -0.331 e. The summed E-state index contributed by atoms with van der Waals surface area (Å²) in [7, 11) is 2.01. The lowest BCUT2D eigenvalue weighted by Gasteiger charge is -2.10. The summed E-state index contributed by atoms with van der Waals surface area (Å²) < 4.78 is 2.07. The molecule has 0 amide bonds. The van der Waals surface area contributed by atoms with E-state index in [2.05, 4.69) is 25.6 Å². The molecule has 0 aliphatic rings. The minimum absolute atomic E-state index is 0.191. The van der Waals surface area contributed by atoms with Crippen LogP contribution >= 0.6 is 0 Å². The lowest BCUT2D eigenvalue weighted by molar-refractivity contribution is 0.645. The van der Waals surface area contributed by atoms with Gasteiger partial charge in [0.25, 0.3) is 0 Å². The van der Waals surface area contributed by atoms with Gasteiger partial charge in [-0.05, 0) is 12.1 Å². The van der Waals surface area contributed by atoms with Gasteiger partial charge in [0.15, 0.2) is 0 Å². The van der Waals surface area contributed by atoms with Gasteiger partial charge in [0, 0.05) is 32.1 Å². The first-order valence-electron chi connectivity index (χ1n) is 6.17. The Balaban J connectivity index is 1.91. The van der Waals surface area contributed by atoms with Crippen LogP contribution in [0, 0.1) is 0 Å². The number of aromatic nitrogens is 4. The molecule has 2 heterocycles. The molecule has 0 spiro atoms. The molecule has 0 radical (unpaired) electrons. The highest BCUT2D eigenvalue weighted by atomic mass is 15.1. The molecule has 0 aliphatic heterocycles. The van der Waals surface area contributed by atoms with E-state index < -0.39 is 0 Å². The van der Waals surface area contributed by atoms with E-state index in [1.165, 1.54) is 0 Å². The van der Waals surface area contributed by atoms with Crippen LogP contribution in [-0.2, 0) is 13.5 Å². The number of imidazole rings is 1. The molecule has 0 aliphatic carbocycles. The van der Waals surface area contributed by atoms with Crippen molar-refractivity contribution in [2.45, 2.75) is 12.5 Å². The van der Waals surface area contributed by atoms with E-state index in [9.17, 15) is 0 Å². The summed E-state index contributed by atoms with van der Waals surface area (Å²) >= 11 is 0. The van der Waals surface area contributed by atoms with Gasteiger partial charge in [-0.2, -0.15) is 0 Å². The lowest BCUT2D eigenvalue weighted by atomic mass is 10.1. The maximum Gasteiger partial charge on any atom is 0.111 e. The fourth-order valence-corrected chi connectivity index (χ4v) is 2.18. The van der Waals surface area contributed by atoms with Gasteiger partial charge in [0.05, 0.1) is 22.8 Å². The Morgan fingerprint density at radius 3 is 2.84 bits per heavy atom. The van der Waals surface area contributed by atoms with Crippen LogP contribution in [0.4, 0.5) is 0 Å². The van der Waals surface area contributed by atoms with Crippen LogP contribution < -0.4 is 5.73 Å². The predicted molar refractivity (Wildman–Crippen MR) is 73.4 cm³/mol. The van der Waals surface area contributed by atoms with E-state index >= 15 is 0 Å². The molecule has 0 fully saturated rings. The second-order valence-corrected chi connectivity index (χ2v) is 4.52. The average molecular weight is 253 g/mol. The van der Waals surface area contributed by atoms with Crippen LogP contribution in [0.1, 0.15) is 17.6 Å². The number of hydrogen-bond acceptors (Lipinski definition) is 4. The largest absolute Gasteiger partial charge is 0.331 e. The Morgan fingerprint density at radius 2 is 2.11 bits per heavy atom. The van der Waals surface area contributed by atoms with Crippen molar-refractivity contribution < 1.29 is 0 Å². The number of hydrogen-bond donors (Lipinski definition) is 1. The fourth-order valence-electron chi connectivity index (χ4n) is 2.18. The van der Waals surface area contributed by atoms with Gasteiger partial charge in [0.2, 0.25) is 0 Å². The van der Waals surface area contributed by atoms with Crippen LogP contribution in [0.25, 0.3) is 11.0 Å². The predicted octanol–water partition coefficient (Wildman–Crippen LogP) is 1.61. The molecule has 19 heavy (non-hydrogen) atoms. The van der Waals surface area contributed by atoms with E-state index in [4.69, 9.17) is 5.73 Å². The SMILES string of the molecule is Cn1c(CC(N)c2cnccn2)nc2ccccc21. The monoisotopic (exact) mass is 253 g/mol. The third kappa shape index (κ3) is 2.20. The Hall–Kier alpha value is -2.27. The highest BCUT2D eigenvalue weighted by Crippen LogP contribution is 2.18. The number of fused-ring (bicyclic) bond motifs is 1. The average Bonchev–Trinajstić information content (AvgIpc) is 2.77. The quantitative estimate of drug-likeness (QED) is 0.769. The first-order chi connectivity index (χ1) is 9.25. The maximum absolute atomic E-state index is 6.16. The minimum atomic E-state index is -0.191. The molecule has 1 atom stereocenters. The maximum atomic E-state index is 6.16. The molecule has 2 N–H and O–H groups in total. The zero-order valence-electron chi connectivity index (χ0n) is 10.7. The normalized spacial score (nSPS) is 12.7. The smallest absolute Gasteiger partial charge is 0.111 e. The van der Waals surface area contributed by atoms with Gasteiger partial charge in [-0.3, -0.25) is 9.97 Å². The zero-order valence-corrected chi connectivity index (χ0v) is 10.7. The molecular weight excluding hydrogens is 238 g/mol. The first-order valence-corrected chi connectivity index (χ1v) is 6.17. The molecule has 0 bridgehead atoms. The molecule has 0 saturated carbocycles. The van der Waals surface area contributed by atoms with Crippen molar-refractivity contribution in [1.82, 2.24) is 19.5 Å². The topological polar surface area (TPSA) is 69.6 Å². The third-order valence-corrected chi connectivity index (χ3v) is 3.25. The Kier molecular flexibility index (Phi) is 2.97. The molecule has 3 rings (SSSR count). The Morgan fingerprint density at radius 1 is 1.26 bits per heavy atom. The van der Waals surface area contributed by atoms with Crippen molar-refractivity contribution in [3.8, 4) is 0 Å². The molecule has 2 aromatic heterocycles. The van der Waals surface area contributed by atoms with E-state index in [0.29, 0.717) is 6.42 Å². The van der Waals surface area contributed by atoms with Gasteiger partial charge in [-0.25, -0.2) is 4.98 Å². The summed E-state index contributed by atoms with van der Waals surface area (Å²) in [4.78, 5) is 12.9. The molecule has 1 unspecified atom stereocenters. The van der Waals surface area contributed by atoms with Crippen LogP contribution in [0.2, 0.25) is 0 Å². The number of rotatable bonds is 3. The van der Waals surface area contributed by atoms with Gasteiger partial charge < -0.3 is 10.3 Å². The number of benzene rings is 1. The molecular formula is C14H15N5. The van der Waals surface area contributed by atoms with Gasteiger partial charge in [0.1, 0.15) is 5.82 Å².